The van der Waals surface area contributed by atoms with Crippen LogP contribution < -0.4 is 4.74 Å². The molecule has 2 heteroatoms. The Morgan fingerprint density at radius 1 is 1.12 bits per heavy atom. The van der Waals surface area contributed by atoms with E-state index in [4.69, 9.17) is 4.74 Å². The Morgan fingerprint density at radius 3 is 2.65 bits per heavy atom. The third-order valence-electron chi connectivity index (χ3n) is 2.50. The molecular weight excluding hydrogens is 276 g/mol. The number of rotatable bonds is 2. The largest absolute Gasteiger partial charge is 0.497 e. The van der Waals surface area contributed by atoms with Gasteiger partial charge in [-0.1, -0.05) is 39.9 Å². The summed E-state index contributed by atoms with van der Waals surface area (Å²) in [5.41, 5.74) is 1.06. The number of halogens is 1. The van der Waals surface area contributed by atoms with Gasteiger partial charge in [0, 0.05) is 17.3 Å². The highest BCUT2D eigenvalue weighted by Gasteiger charge is 1.97. The van der Waals surface area contributed by atoms with Crippen molar-refractivity contribution in [3.8, 4) is 17.6 Å². The molecular formula is C15H13BrO. The number of hydrogen-bond donors (Lipinski definition) is 0. The van der Waals surface area contributed by atoms with Gasteiger partial charge in [0.05, 0.1) is 7.11 Å². The van der Waals surface area contributed by atoms with E-state index >= 15 is 0 Å². The van der Waals surface area contributed by atoms with Crippen LogP contribution in [0.5, 0.6) is 5.75 Å². The van der Waals surface area contributed by atoms with Crippen LogP contribution in [0, 0.1) is 11.8 Å². The van der Waals surface area contributed by atoms with Crippen molar-refractivity contribution in [2.24, 2.45) is 0 Å². The van der Waals surface area contributed by atoms with E-state index < -0.39 is 0 Å². The molecule has 0 aliphatic heterocycles. The molecule has 17 heavy (non-hydrogen) atoms. The van der Waals surface area contributed by atoms with E-state index in [0.717, 1.165) is 23.1 Å². The summed E-state index contributed by atoms with van der Waals surface area (Å²) in [7, 11) is 1.68. The van der Waals surface area contributed by atoms with Gasteiger partial charge in [-0.05, 0) is 35.0 Å². The maximum atomic E-state index is 5.20. The molecule has 0 unspecified atom stereocenters. The molecule has 86 valence electrons. The molecule has 0 aliphatic rings. The zero-order chi connectivity index (χ0) is 12.1. The highest BCUT2D eigenvalue weighted by Crippen LogP contribution is 2.21. The molecule has 1 nitrogen and oxygen atoms in total. The quantitative estimate of drug-likeness (QED) is 0.600. The molecule has 0 fully saturated rings. The van der Waals surface area contributed by atoms with Gasteiger partial charge in [0.1, 0.15) is 5.75 Å². The normalized spacial score (nSPS) is 9.76. The minimum absolute atomic E-state index is 0.876. The molecule has 0 radical (unpaired) electrons. The summed E-state index contributed by atoms with van der Waals surface area (Å²) in [4.78, 5) is 0. The Hall–Kier alpha value is -1.46. The molecule has 0 bridgehead atoms. The molecule has 0 spiro atoms. The number of fused-ring (bicyclic) bond motifs is 1. The lowest BCUT2D eigenvalue weighted by atomic mass is 10.1. The van der Waals surface area contributed by atoms with Crippen molar-refractivity contribution in [3.63, 3.8) is 0 Å². The average Bonchev–Trinajstić information content (AvgIpc) is 2.38. The molecule has 2 rings (SSSR count). The van der Waals surface area contributed by atoms with Crippen LogP contribution in [0.15, 0.2) is 36.4 Å². The van der Waals surface area contributed by atoms with Crippen molar-refractivity contribution in [2.45, 2.75) is 6.42 Å². The number of benzene rings is 2. The van der Waals surface area contributed by atoms with Crippen LogP contribution in [0.2, 0.25) is 0 Å². The summed E-state index contributed by atoms with van der Waals surface area (Å²) in [5.74, 6) is 7.16. The summed E-state index contributed by atoms with van der Waals surface area (Å²) < 4.78 is 5.20. The lowest BCUT2D eigenvalue weighted by Gasteiger charge is -2.02. The van der Waals surface area contributed by atoms with E-state index in [0.29, 0.717) is 0 Å². The zero-order valence-electron chi connectivity index (χ0n) is 9.66. The van der Waals surface area contributed by atoms with Gasteiger partial charge >= 0.3 is 0 Å². The second-order valence-corrected chi connectivity index (χ2v) is 4.46. The number of alkyl halides is 1. The van der Waals surface area contributed by atoms with Crippen LogP contribution in [0.25, 0.3) is 10.8 Å². The van der Waals surface area contributed by atoms with E-state index in [1.165, 1.54) is 10.8 Å². The van der Waals surface area contributed by atoms with Gasteiger partial charge in [-0.3, -0.25) is 0 Å². The molecule has 0 N–H and O–H groups in total. The first-order chi connectivity index (χ1) is 8.33. The SMILES string of the molecule is COc1ccc2cc(C#CCCBr)ccc2c1. The van der Waals surface area contributed by atoms with Gasteiger partial charge in [-0.2, -0.15) is 0 Å². The second kappa shape index (κ2) is 5.75. The maximum Gasteiger partial charge on any atom is 0.119 e. The number of methoxy groups -OCH3 is 1. The van der Waals surface area contributed by atoms with Crippen LogP contribution in [0.4, 0.5) is 0 Å². The van der Waals surface area contributed by atoms with Crippen molar-refractivity contribution in [2.75, 3.05) is 12.4 Å². The summed E-state index contributed by atoms with van der Waals surface area (Å²) in [6.45, 7) is 0. The minimum Gasteiger partial charge on any atom is -0.497 e. The summed E-state index contributed by atoms with van der Waals surface area (Å²) in [6, 6.07) is 12.3. The summed E-state index contributed by atoms with van der Waals surface area (Å²) >= 11 is 3.36. The minimum atomic E-state index is 0.876. The van der Waals surface area contributed by atoms with E-state index in [2.05, 4.69) is 46.0 Å². The fourth-order valence-electron chi connectivity index (χ4n) is 1.64. The highest BCUT2D eigenvalue weighted by atomic mass is 79.9. The molecule has 0 aromatic heterocycles. The second-order valence-electron chi connectivity index (χ2n) is 3.67. The zero-order valence-corrected chi connectivity index (χ0v) is 11.3. The van der Waals surface area contributed by atoms with Crippen LogP contribution in [-0.4, -0.2) is 12.4 Å². The van der Waals surface area contributed by atoms with E-state index in [-0.39, 0.29) is 0 Å². The van der Waals surface area contributed by atoms with Crippen molar-refractivity contribution >= 4 is 26.7 Å². The molecule has 0 aliphatic carbocycles. The first-order valence-electron chi connectivity index (χ1n) is 5.46. The third kappa shape index (κ3) is 3.01. The van der Waals surface area contributed by atoms with Crippen molar-refractivity contribution in [3.05, 3.63) is 42.0 Å². The molecule has 2 aromatic carbocycles. The van der Waals surface area contributed by atoms with Gasteiger partial charge in [0.2, 0.25) is 0 Å². The van der Waals surface area contributed by atoms with Gasteiger partial charge in [-0.25, -0.2) is 0 Å². The molecule has 2 aromatic rings. The van der Waals surface area contributed by atoms with Crippen LogP contribution in [0.3, 0.4) is 0 Å². The van der Waals surface area contributed by atoms with Crippen LogP contribution in [-0.2, 0) is 0 Å². The Balaban J connectivity index is 2.36. The van der Waals surface area contributed by atoms with Gasteiger partial charge in [0.25, 0.3) is 0 Å². The molecule has 0 heterocycles. The van der Waals surface area contributed by atoms with E-state index in [1.807, 2.05) is 18.2 Å². The van der Waals surface area contributed by atoms with Crippen molar-refractivity contribution < 1.29 is 4.74 Å². The maximum absolute atomic E-state index is 5.20. The average molecular weight is 289 g/mol. The Bertz CT molecular complexity index is 578. The van der Waals surface area contributed by atoms with E-state index in [1.54, 1.807) is 7.11 Å². The smallest absolute Gasteiger partial charge is 0.119 e. The number of ether oxygens (including phenoxy) is 1. The Morgan fingerprint density at radius 2 is 1.88 bits per heavy atom. The lowest BCUT2D eigenvalue weighted by Crippen LogP contribution is -1.83. The molecule has 0 amide bonds. The fraction of sp³-hybridized carbons (Fsp3) is 0.200. The molecule has 0 saturated carbocycles. The Labute approximate surface area is 110 Å². The van der Waals surface area contributed by atoms with E-state index in [9.17, 15) is 0 Å². The van der Waals surface area contributed by atoms with Crippen molar-refractivity contribution in [1.29, 1.82) is 0 Å². The lowest BCUT2D eigenvalue weighted by molar-refractivity contribution is 0.415. The predicted octanol–water partition coefficient (Wildman–Crippen LogP) is 3.98. The monoisotopic (exact) mass is 288 g/mol. The first-order valence-corrected chi connectivity index (χ1v) is 6.58. The highest BCUT2D eigenvalue weighted by molar-refractivity contribution is 9.09. The van der Waals surface area contributed by atoms with Gasteiger partial charge in [-0.15, -0.1) is 0 Å². The fourth-order valence-corrected chi connectivity index (χ4v) is 1.84. The van der Waals surface area contributed by atoms with Crippen LogP contribution >= 0.6 is 15.9 Å². The topological polar surface area (TPSA) is 9.23 Å². The Kier molecular flexibility index (Phi) is 4.06. The summed E-state index contributed by atoms with van der Waals surface area (Å²) in [5, 5.41) is 3.29. The van der Waals surface area contributed by atoms with Gasteiger partial charge in [0.15, 0.2) is 0 Å². The standard InChI is InChI=1S/C15H13BrO/c1-17-15-8-7-13-10-12(4-2-3-9-16)5-6-14(13)11-15/h5-8,10-11H,3,9H2,1H3. The first kappa shape index (κ1) is 12.0. The predicted molar refractivity (Wildman–Crippen MR) is 75.8 cm³/mol. The van der Waals surface area contributed by atoms with Crippen molar-refractivity contribution in [1.82, 2.24) is 0 Å². The third-order valence-corrected chi connectivity index (χ3v) is 2.90. The summed E-state index contributed by atoms with van der Waals surface area (Å²) in [6.07, 6.45) is 0.876. The number of hydrogen-bond acceptors (Lipinski definition) is 1. The van der Waals surface area contributed by atoms with Gasteiger partial charge < -0.3 is 4.74 Å². The molecule has 0 atom stereocenters. The molecule has 0 saturated heterocycles. The van der Waals surface area contributed by atoms with Crippen LogP contribution in [0.1, 0.15) is 12.0 Å².